The molecule has 2 aromatic rings. The highest BCUT2D eigenvalue weighted by molar-refractivity contribution is 6.05. The number of hydrogen-bond acceptors (Lipinski definition) is 3. The summed E-state index contributed by atoms with van der Waals surface area (Å²) >= 11 is 0. The minimum absolute atomic E-state index is 0.0644. The van der Waals surface area contributed by atoms with Crippen molar-refractivity contribution in [2.75, 3.05) is 0 Å². The van der Waals surface area contributed by atoms with Gasteiger partial charge in [0.2, 0.25) is 0 Å². The average Bonchev–Trinajstić information content (AvgIpc) is 2.62. The highest BCUT2D eigenvalue weighted by Crippen LogP contribution is 2.09. The molecule has 2 amide bonds. The number of nitrogens with zero attached hydrogens (tertiary/aromatic N) is 1. The average molecular weight is 333 g/mol. The summed E-state index contributed by atoms with van der Waals surface area (Å²) in [6.07, 6.45) is 1.58. The first-order valence-electron chi connectivity index (χ1n) is 7.88. The predicted molar refractivity (Wildman–Crippen MR) is 96.3 cm³/mol. The Morgan fingerprint density at radius 3 is 2.24 bits per heavy atom. The van der Waals surface area contributed by atoms with E-state index in [1.165, 1.54) is 0 Å². The Morgan fingerprint density at radius 2 is 1.68 bits per heavy atom. The molecule has 2 aromatic carbocycles. The summed E-state index contributed by atoms with van der Waals surface area (Å²) in [5, 5.41) is 14.3. The topological polar surface area (TPSA) is 82.0 Å². The Bertz CT molecular complexity index is 816. The van der Waals surface area contributed by atoms with Gasteiger partial charge in [0, 0.05) is 11.6 Å². The van der Waals surface area contributed by atoms with E-state index in [1.807, 2.05) is 26.0 Å². The Labute approximate surface area is 147 Å². The first kappa shape index (κ1) is 18.0. The predicted octanol–water partition coefficient (Wildman–Crippen LogP) is 2.85. The van der Waals surface area contributed by atoms with Crippen LogP contribution in [0, 0.1) is 11.3 Å². The van der Waals surface area contributed by atoms with Crippen LogP contribution in [0.25, 0.3) is 6.08 Å². The van der Waals surface area contributed by atoms with Crippen LogP contribution in [-0.2, 0) is 4.79 Å². The molecular weight excluding hydrogens is 314 g/mol. The maximum atomic E-state index is 12.4. The summed E-state index contributed by atoms with van der Waals surface area (Å²) < 4.78 is 0. The fourth-order valence-electron chi connectivity index (χ4n) is 2.10. The van der Waals surface area contributed by atoms with Crippen molar-refractivity contribution in [2.45, 2.75) is 19.9 Å². The van der Waals surface area contributed by atoms with Crippen molar-refractivity contribution in [2.24, 2.45) is 0 Å². The van der Waals surface area contributed by atoms with Crippen LogP contribution in [0.5, 0.6) is 0 Å². The molecule has 0 saturated heterocycles. The molecule has 0 fully saturated rings. The summed E-state index contributed by atoms with van der Waals surface area (Å²) in [5.41, 5.74) is 1.85. The lowest BCUT2D eigenvalue weighted by Gasteiger charge is -2.13. The largest absolute Gasteiger partial charge is 0.349 e. The molecule has 0 spiro atoms. The van der Waals surface area contributed by atoms with Gasteiger partial charge in [0.05, 0.1) is 11.6 Å². The molecule has 2 rings (SSSR count). The molecule has 5 nitrogen and oxygen atoms in total. The first-order chi connectivity index (χ1) is 12.0. The lowest BCUT2D eigenvalue weighted by molar-refractivity contribution is -0.118. The van der Waals surface area contributed by atoms with Crippen molar-refractivity contribution in [1.29, 1.82) is 5.26 Å². The van der Waals surface area contributed by atoms with Gasteiger partial charge in [0.1, 0.15) is 5.70 Å². The van der Waals surface area contributed by atoms with Crippen molar-refractivity contribution in [1.82, 2.24) is 10.6 Å². The molecule has 0 aliphatic rings. The quantitative estimate of drug-likeness (QED) is 0.826. The highest BCUT2D eigenvalue weighted by atomic mass is 16.2. The molecule has 5 heteroatoms. The van der Waals surface area contributed by atoms with E-state index >= 15 is 0 Å². The third-order valence-corrected chi connectivity index (χ3v) is 3.30. The lowest BCUT2D eigenvalue weighted by atomic mass is 10.1. The Morgan fingerprint density at radius 1 is 1.04 bits per heavy atom. The third kappa shape index (κ3) is 5.33. The molecule has 0 unspecified atom stereocenters. The Kier molecular flexibility index (Phi) is 6.08. The van der Waals surface area contributed by atoms with E-state index in [1.54, 1.807) is 54.6 Å². The number of hydrogen-bond donors (Lipinski definition) is 2. The molecule has 0 aliphatic carbocycles. The molecule has 126 valence electrons. The fourth-order valence-corrected chi connectivity index (χ4v) is 2.10. The molecule has 25 heavy (non-hydrogen) atoms. The molecule has 0 atom stereocenters. The van der Waals surface area contributed by atoms with Crippen molar-refractivity contribution >= 4 is 17.9 Å². The Hall–Kier alpha value is -3.39. The third-order valence-electron chi connectivity index (χ3n) is 3.30. The van der Waals surface area contributed by atoms with E-state index in [0.717, 1.165) is 0 Å². The summed E-state index contributed by atoms with van der Waals surface area (Å²) in [7, 11) is 0. The minimum Gasteiger partial charge on any atom is -0.349 e. The van der Waals surface area contributed by atoms with Gasteiger partial charge in [-0.25, -0.2) is 0 Å². The smallest absolute Gasteiger partial charge is 0.268 e. The monoisotopic (exact) mass is 333 g/mol. The van der Waals surface area contributed by atoms with Crippen LogP contribution in [0.3, 0.4) is 0 Å². The van der Waals surface area contributed by atoms with Gasteiger partial charge in [0.15, 0.2) is 0 Å². The summed E-state index contributed by atoms with van der Waals surface area (Å²) in [5.74, 6) is -0.733. The number of amides is 2. The van der Waals surface area contributed by atoms with E-state index in [9.17, 15) is 9.59 Å². The standard InChI is InChI=1S/C20H19N3O2/c1-14(2)22-20(25)18(12-15-8-10-16(13-21)11-9-15)23-19(24)17-6-4-3-5-7-17/h3-12,14H,1-2H3,(H,22,25)(H,23,24)/b18-12+. The van der Waals surface area contributed by atoms with Gasteiger partial charge in [-0.15, -0.1) is 0 Å². The Balaban J connectivity index is 2.29. The molecule has 0 aliphatic heterocycles. The lowest BCUT2D eigenvalue weighted by Crippen LogP contribution is -2.38. The fraction of sp³-hybridized carbons (Fsp3) is 0.150. The molecular formula is C20H19N3O2. The number of rotatable bonds is 5. The summed E-state index contributed by atoms with van der Waals surface area (Å²) in [6.45, 7) is 3.69. The minimum atomic E-state index is -0.372. The van der Waals surface area contributed by atoms with Gasteiger partial charge in [-0.2, -0.15) is 5.26 Å². The van der Waals surface area contributed by atoms with E-state index in [2.05, 4.69) is 10.6 Å². The first-order valence-corrected chi connectivity index (χ1v) is 7.88. The molecule has 0 bridgehead atoms. The van der Waals surface area contributed by atoms with Crippen LogP contribution in [0.2, 0.25) is 0 Å². The maximum Gasteiger partial charge on any atom is 0.268 e. The molecule has 2 N–H and O–H groups in total. The number of carbonyl (C=O) groups excluding carboxylic acids is 2. The molecule has 0 aromatic heterocycles. The van der Waals surface area contributed by atoms with Crippen LogP contribution >= 0.6 is 0 Å². The SMILES string of the molecule is CC(C)NC(=O)/C(=C\c1ccc(C#N)cc1)NC(=O)c1ccccc1. The molecule has 0 saturated carbocycles. The van der Waals surface area contributed by atoms with Crippen LogP contribution < -0.4 is 10.6 Å². The van der Waals surface area contributed by atoms with Crippen LogP contribution in [-0.4, -0.2) is 17.9 Å². The van der Waals surface area contributed by atoms with E-state index in [4.69, 9.17) is 5.26 Å². The van der Waals surface area contributed by atoms with Gasteiger partial charge in [-0.05, 0) is 49.8 Å². The second-order valence-corrected chi connectivity index (χ2v) is 5.74. The van der Waals surface area contributed by atoms with Crippen molar-refractivity contribution in [3.63, 3.8) is 0 Å². The maximum absolute atomic E-state index is 12.4. The van der Waals surface area contributed by atoms with Gasteiger partial charge in [-0.3, -0.25) is 9.59 Å². The number of carbonyl (C=O) groups is 2. The van der Waals surface area contributed by atoms with Crippen molar-refractivity contribution in [3.05, 3.63) is 77.0 Å². The zero-order valence-electron chi connectivity index (χ0n) is 14.1. The van der Waals surface area contributed by atoms with E-state index in [0.29, 0.717) is 16.7 Å². The molecule has 0 heterocycles. The van der Waals surface area contributed by atoms with Crippen LogP contribution in [0.15, 0.2) is 60.3 Å². The van der Waals surface area contributed by atoms with Crippen LogP contribution in [0.4, 0.5) is 0 Å². The van der Waals surface area contributed by atoms with Crippen molar-refractivity contribution in [3.8, 4) is 6.07 Å². The molecule has 0 radical (unpaired) electrons. The number of benzene rings is 2. The van der Waals surface area contributed by atoms with E-state index in [-0.39, 0.29) is 23.6 Å². The van der Waals surface area contributed by atoms with Gasteiger partial charge >= 0.3 is 0 Å². The summed E-state index contributed by atoms with van der Waals surface area (Å²) in [6, 6.07) is 17.4. The number of nitrogens with one attached hydrogen (secondary N) is 2. The normalized spacial score (nSPS) is 10.9. The summed E-state index contributed by atoms with van der Waals surface area (Å²) in [4.78, 5) is 24.8. The zero-order chi connectivity index (χ0) is 18.2. The van der Waals surface area contributed by atoms with Gasteiger partial charge in [0.25, 0.3) is 11.8 Å². The number of nitriles is 1. The zero-order valence-corrected chi connectivity index (χ0v) is 14.1. The second kappa shape index (κ2) is 8.46. The van der Waals surface area contributed by atoms with Crippen LogP contribution in [0.1, 0.15) is 35.3 Å². The van der Waals surface area contributed by atoms with Gasteiger partial charge < -0.3 is 10.6 Å². The highest BCUT2D eigenvalue weighted by Gasteiger charge is 2.15. The van der Waals surface area contributed by atoms with E-state index < -0.39 is 0 Å². The van der Waals surface area contributed by atoms with Crippen molar-refractivity contribution < 1.29 is 9.59 Å². The van der Waals surface area contributed by atoms with Gasteiger partial charge in [-0.1, -0.05) is 30.3 Å². The second-order valence-electron chi connectivity index (χ2n) is 5.74.